The van der Waals surface area contributed by atoms with E-state index in [9.17, 15) is 74.5 Å². The molecular formula is C25H14Cl2F8N6O8. The molecule has 0 aliphatic carbocycles. The highest BCUT2D eigenvalue weighted by Gasteiger charge is 2.37. The molecule has 0 saturated heterocycles. The number of nitro groups is 2. The van der Waals surface area contributed by atoms with Crippen molar-refractivity contribution in [3.63, 3.8) is 0 Å². The minimum Gasteiger partial charge on any atom is -0.303 e. The summed E-state index contributed by atoms with van der Waals surface area (Å²) in [7, 11) is 0.702. The van der Waals surface area contributed by atoms with E-state index in [1.807, 2.05) is 0 Å². The van der Waals surface area contributed by atoms with E-state index in [-0.39, 0.29) is 47.0 Å². The second kappa shape index (κ2) is 13.3. The van der Waals surface area contributed by atoms with Crippen molar-refractivity contribution in [2.75, 3.05) is 0 Å². The highest BCUT2D eigenvalue weighted by molar-refractivity contribution is 6.32. The Labute approximate surface area is 273 Å². The van der Waals surface area contributed by atoms with Gasteiger partial charge >= 0.3 is 35.1 Å². The highest BCUT2D eigenvalue weighted by atomic mass is 35.5. The lowest BCUT2D eigenvalue weighted by atomic mass is 10.1. The van der Waals surface area contributed by atoms with Crippen LogP contribution in [-0.2, 0) is 19.4 Å². The summed E-state index contributed by atoms with van der Waals surface area (Å²) < 4.78 is 104. The fourth-order valence-electron chi connectivity index (χ4n) is 4.22. The molecule has 0 unspecified atom stereocenters. The van der Waals surface area contributed by atoms with Crippen molar-refractivity contribution in [3.05, 3.63) is 130 Å². The summed E-state index contributed by atoms with van der Waals surface area (Å²) in [5.74, 6) is -2.81. The molecule has 262 valence electrons. The van der Waals surface area contributed by atoms with Gasteiger partial charge in [-0.05, 0) is 26.0 Å². The first-order valence-electron chi connectivity index (χ1n) is 12.4. The first kappa shape index (κ1) is 38.1. The zero-order valence-corrected chi connectivity index (χ0v) is 25.6. The van der Waals surface area contributed by atoms with Crippen LogP contribution < -0.4 is 22.5 Å². The average molecular weight is 749 g/mol. The van der Waals surface area contributed by atoms with Crippen LogP contribution in [0.15, 0.2) is 43.4 Å². The first-order valence-corrected chi connectivity index (χ1v) is 13.2. The van der Waals surface area contributed by atoms with Crippen molar-refractivity contribution in [1.29, 1.82) is 0 Å². The molecule has 0 saturated carbocycles. The Hall–Kier alpha value is -5.38. The molecule has 2 aromatic carbocycles. The Kier molecular flexibility index (Phi) is 10.3. The highest BCUT2D eigenvalue weighted by Crippen LogP contribution is 2.35. The van der Waals surface area contributed by atoms with E-state index in [0.29, 0.717) is 19.2 Å². The SMILES string of the molecule is Cc1c(Cl)cc(F)c(-n2c(=O)cc(C(F)(F)F)[nH]c2=O)c1[N+](=O)[O-].Cc1c(Cl)cc(F)c(-n2c(=O)cc(C(F)(F)F)n(C)c2=O)c1[N+](=O)[O-]. The Morgan fingerprint density at radius 3 is 1.49 bits per heavy atom. The normalized spacial score (nSPS) is 11.6. The van der Waals surface area contributed by atoms with Crippen molar-refractivity contribution < 1.29 is 45.0 Å². The largest absolute Gasteiger partial charge is 0.431 e. The summed E-state index contributed by atoms with van der Waals surface area (Å²) in [4.78, 5) is 69.4. The number of nitrogens with one attached hydrogen (secondary N) is 1. The Bertz CT molecular complexity index is 2260. The van der Waals surface area contributed by atoms with Gasteiger partial charge in [-0.1, -0.05) is 23.2 Å². The molecule has 0 radical (unpaired) electrons. The smallest absolute Gasteiger partial charge is 0.303 e. The predicted molar refractivity (Wildman–Crippen MR) is 153 cm³/mol. The topological polar surface area (TPSA) is 185 Å². The van der Waals surface area contributed by atoms with Gasteiger partial charge in [0.1, 0.15) is 11.4 Å². The molecule has 49 heavy (non-hydrogen) atoms. The van der Waals surface area contributed by atoms with Gasteiger partial charge in [0.25, 0.3) is 11.1 Å². The molecule has 2 heterocycles. The number of nitrogens with zero attached hydrogens (tertiary/aromatic N) is 5. The number of benzene rings is 2. The predicted octanol–water partition coefficient (Wildman–Crippen LogP) is 5.12. The van der Waals surface area contributed by atoms with Gasteiger partial charge in [-0.3, -0.25) is 34.4 Å². The molecule has 0 amide bonds. The number of hydrogen-bond acceptors (Lipinski definition) is 8. The average Bonchev–Trinajstić information content (AvgIpc) is 2.94. The lowest BCUT2D eigenvalue weighted by Crippen LogP contribution is -2.41. The second-order valence-electron chi connectivity index (χ2n) is 9.54. The van der Waals surface area contributed by atoms with E-state index in [4.69, 9.17) is 23.2 Å². The molecule has 4 aromatic rings. The van der Waals surface area contributed by atoms with Crippen molar-refractivity contribution in [3.8, 4) is 11.4 Å². The van der Waals surface area contributed by atoms with E-state index in [1.165, 1.54) is 4.98 Å². The summed E-state index contributed by atoms with van der Waals surface area (Å²) in [6, 6.07) is 1.29. The minimum absolute atomic E-state index is 0.00545. The Morgan fingerprint density at radius 1 is 0.714 bits per heavy atom. The van der Waals surface area contributed by atoms with E-state index >= 15 is 0 Å². The third-order valence-corrected chi connectivity index (χ3v) is 7.28. The summed E-state index contributed by atoms with van der Waals surface area (Å²) in [5.41, 5.74) is -14.4. The second-order valence-corrected chi connectivity index (χ2v) is 10.4. The van der Waals surface area contributed by atoms with Crippen LogP contribution in [0.5, 0.6) is 0 Å². The lowest BCUT2D eigenvalue weighted by Gasteiger charge is -2.15. The van der Waals surface area contributed by atoms with Crippen LogP contribution in [0.3, 0.4) is 0 Å². The molecule has 0 fully saturated rings. The fraction of sp³-hybridized carbons (Fsp3) is 0.200. The lowest BCUT2D eigenvalue weighted by molar-refractivity contribution is -0.385. The number of hydrogen-bond donors (Lipinski definition) is 1. The molecule has 0 atom stereocenters. The van der Waals surface area contributed by atoms with Gasteiger partial charge in [-0.25, -0.2) is 27.5 Å². The molecule has 0 spiro atoms. The molecular weight excluding hydrogens is 735 g/mol. The maximum atomic E-state index is 14.2. The maximum absolute atomic E-state index is 14.2. The van der Waals surface area contributed by atoms with Gasteiger partial charge in [0, 0.05) is 30.3 Å². The van der Waals surface area contributed by atoms with E-state index in [1.54, 1.807) is 0 Å². The third kappa shape index (κ3) is 7.23. The van der Waals surface area contributed by atoms with Crippen LogP contribution in [0.1, 0.15) is 22.5 Å². The van der Waals surface area contributed by atoms with Crippen LogP contribution in [0.2, 0.25) is 10.0 Å². The van der Waals surface area contributed by atoms with Crippen molar-refractivity contribution in [2.24, 2.45) is 7.05 Å². The molecule has 0 bridgehead atoms. The van der Waals surface area contributed by atoms with Crippen LogP contribution in [0.4, 0.5) is 46.5 Å². The Morgan fingerprint density at radius 2 is 1.12 bits per heavy atom. The van der Waals surface area contributed by atoms with Gasteiger partial charge in [0.15, 0.2) is 23.0 Å². The molecule has 2 aromatic heterocycles. The minimum atomic E-state index is -5.03. The molecule has 0 aliphatic rings. The summed E-state index contributed by atoms with van der Waals surface area (Å²) in [5, 5.41) is 21.7. The van der Waals surface area contributed by atoms with Gasteiger partial charge in [0.05, 0.1) is 19.9 Å². The zero-order chi connectivity index (χ0) is 37.7. The van der Waals surface area contributed by atoms with Gasteiger partial charge in [0.2, 0.25) is 0 Å². The standard InChI is InChI=1S/C13H8ClF4N3O4.C12H6ClF4N3O4/c1-5-6(14)3-7(15)11(10(5)21(24)25)20-9(22)4-8(13(16,17)18)19(2)12(20)23;1-4-5(13)2-6(14)10(9(4)20(23)24)19-8(21)3-7(12(15,16)17)18-11(19)22/h3-4H,1-2H3;2-3H,1H3,(H,18,22). The van der Waals surface area contributed by atoms with Crippen LogP contribution >= 0.6 is 23.2 Å². The molecule has 14 nitrogen and oxygen atoms in total. The zero-order valence-electron chi connectivity index (χ0n) is 24.1. The van der Waals surface area contributed by atoms with Crippen molar-refractivity contribution >= 4 is 34.6 Å². The number of H-pyrrole nitrogens is 1. The first-order chi connectivity index (χ1) is 22.3. The third-order valence-electron chi connectivity index (χ3n) is 6.50. The summed E-state index contributed by atoms with van der Waals surface area (Å²) in [6.45, 7) is 2.27. The number of halogens is 10. The summed E-state index contributed by atoms with van der Waals surface area (Å²) in [6.07, 6.45) is -10.1. The number of nitro benzene ring substituents is 2. The van der Waals surface area contributed by atoms with Crippen LogP contribution in [0.25, 0.3) is 11.4 Å². The molecule has 4 rings (SSSR count). The molecule has 0 aliphatic heterocycles. The van der Waals surface area contributed by atoms with Crippen molar-refractivity contribution in [1.82, 2.24) is 18.7 Å². The molecule has 24 heteroatoms. The van der Waals surface area contributed by atoms with E-state index < -0.39 is 90.5 Å². The number of aromatic nitrogens is 4. The van der Waals surface area contributed by atoms with E-state index in [0.717, 1.165) is 13.8 Å². The van der Waals surface area contributed by atoms with Gasteiger partial charge < -0.3 is 4.98 Å². The quantitative estimate of drug-likeness (QED) is 0.169. The van der Waals surface area contributed by atoms with Gasteiger partial charge in [-0.15, -0.1) is 0 Å². The summed E-state index contributed by atoms with van der Waals surface area (Å²) >= 11 is 11.3. The Balaban J connectivity index is 0.000000266. The number of aromatic amines is 1. The maximum Gasteiger partial charge on any atom is 0.431 e. The van der Waals surface area contributed by atoms with Crippen molar-refractivity contribution in [2.45, 2.75) is 26.2 Å². The number of alkyl halides is 6. The molecule has 1 N–H and O–H groups in total. The van der Waals surface area contributed by atoms with Gasteiger partial charge in [-0.2, -0.15) is 26.3 Å². The fourth-order valence-corrected chi connectivity index (χ4v) is 4.59. The monoisotopic (exact) mass is 748 g/mol. The van der Waals surface area contributed by atoms with E-state index in [2.05, 4.69) is 0 Å². The number of rotatable bonds is 4. The van der Waals surface area contributed by atoms with Crippen LogP contribution in [0, 0.1) is 45.7 Å². The van der Waals surface area contributed by atoms with Crippen LogP contribution in [-0.4, -0.2) is 28.5 Å².